The summed E-state index contributed by atoms with van der Waals surface area (Å²) in [4.78, 5) is 29.8. The molecule has 22 heavy (non-hydrogen) atoms. The second-order valence-electron chi connectivity index (χ2n) is 5.46. The number of anilines is 1. The summed E-state index contributed by atoms with van der Waals surface area (Å²) in [6.07, 6.45) is 1.83. The molecule has 1 aromatic heterocycles. The Balaban J connectivity index is 1.95. The average molecular weight is 290 g/mol. The zero-order valence-corrected chi connectivity index (χ0v) is 12.0. The maximum absolute atomic E-state index is 12.8. The zero-order chi connectivity index (χ0) is 15.3. The maximum atomic E-state index is 12.8. The number of nitrogens with zero attached hydrogens (tertiary/aromatic N) is 1. The molecule has 4 nitrogen and oxygen atoms in total. The van der Waals surface area contributed by atoms with Gasteiger partial charge in [-0.25, -0.2) is 0 Å². The number of aromatic nitrogens is 1. The van der Waals surface area contributed by atoms with Gasteiger partial charge in [-0.3, -0.25) is 14.5 Å². The number of hydrogen-bond donors (Lipinski definition) is 1. The van der Waals surface area contributed by atoms with E-state index in [1.165, 1.54) is 6.92 Å². The number of nitrogens with one attached hydrogen (secondary N) is 1. The Hall–Kier alpha value is -2.88. The third-order valence-corrected chi connectivity index (χ3v) is 4.19. The van der Waals surface area contributed by atoms with Gasteiger partial charge in [0.25, 0.3) is 0 Å². The third-order valence-electron chi connectivity index (χ3n) is 4.19. The minimum absolute atomic E-state index is 0.0319. The SMILES string of the molecule is CC(=O)N1c2ccccc2C(=O)C1c1c[nH]c2ccccc12. The molecule has 4 heteroatoms. The molecule has 2 heterocycles. The summed E-state index contributed by atoms with van der Waals surface area (Å²) in [7, 11) is 0. The molecule has 0 radical (unpaired) electrons. The number of hydrogen-bond acceptors (Lipinski definition) is 2. The van der Waals surface area contributed by atoms with Gasteiger partial charge in [0.05, 0.1) is 5.69 Å². The molecule has 2 aromatic carbocycles. The largest absolute Gasteiger partial charge is 0.361 e. The molecule has 1 atom stereocenters. The van der Waals surface area contributed by atoms with Crippen LogP contribution in [0.15, 0.2) is 54.7 Å². The van der Waals surface area contributed by atoms with Crippen LogP contribution in [0.25, 0.3) is 10.9 Å². The molecule has 0 bridgehead atoms. The number of H-pyrrole nitrogens is 1. The van der Waals surface area contributed by atoms with Crippen LogP contribution in [-0.2, 0) is 4.79 Å². The van der Waals surface area contributed by atoms with Crippen molar-refractivity contribution in [3.05, 3.63) is 65.9 Å². The monoisotopic (exact) mass is 290 g/mol. The fourth-order valence-electron chi connectivity index (χ4n) is 3.25. The predicted octanol–water partition coefficient (Wildman–Crippen LogP) is 3.46. The first kappa shape index (κ1) is 12.8. The summed E-state index contributed by atoms with van der Waals surface area (Å²) >= 11 is 0. The molecule has 4 rings (SSSR count). The molecular formula is C18H14N2O2. The van der Waals surface area contributed by atoms with E-state index in [1.807, 2.05) is 48.7 Å². The number of benzene rings is 2. The van der Waals surface area contributed by atoms with E-state index in [9.17, 15) is 9.59 Å². The first-order valence-electron chi connectivity index (χ1n) is 7.17. The van der Waals surface area contributed by atoms with Crippen LogP contribution in [0.5, 0.6) is 0 Å². The van der Waals surface area contributed by atoms with Crippen LogP contribution >= 0.6 is 0 Å². The number of fused-ring (bicyclic) bond motifs is 2. The van der Waals surface area contributed by atoms with Crippen LogP contribution in [0, 0.1) is 0 Å². The average Bonchev–Trinajstić information content (AvgIpc) is 3.07. The van der Waals surface area contributed by atoms with Crippen molar-refractivity contribution in [3.63, 3.8) is 0 Å². The fraction of sp³-hybridized carbons (Fsp3) is 0.111. The highest BCUT2D eigenvalue weighted by Crippen LogP contribution is 2.42. The minimum Gasteiger partial charge on any atom is -0.361 e. The van der Waals surface area contributed by atoms with Crippen LogP contribution in [0.4, 0.5) is 5.69 Å². The van der Waals surface area contributed by atoms with Crippen LogP contribution in [0.2, 0.25) is 0 Å². The molecule has 0 aliphatic carbocycles. The number of rotatable bonds is 1. The smallest absolute Gasteiger partial charge is 0.224 e. The van der Waals surface area contributed by atoms with Crippen molar-refractivity contribution in [1.29, 1.82) is 0 Å². The van der Waals surface area contributed by atoms with Gasteiger partial charge in [-0.05, 0) is 18.2 Å². The molecule has 0 saturated heterocycles. The van der Waals surface area contributed by atoms with Crippen molar-refractivity contribution in [1.82, 2.24) is 4.98 Å². The van der Waals surface area contributed by atoms with Gasteiger partial charge < -0.3 is 4.98 Å². The van der Waals surface area contributed by atoms with Gasteiger partial charge in [-0.2, -0.15) is 0 Å². The minimum atomic E-state index is -0.592. The standard InChI is InChI=1S/C18H14N2O2/c1-11(21)20-16-9-5-3-7-13(16)18(22)17(20)14-10-19-15-8-4-2-6-12(14)15/h2-10,17,19H,1H3. The maximum Gasteiger partial charge on any atom is 0.224 e. The lowest BCUT2D eigenvalue weighted by molar-refractivity contribution is -0.116. The Kier molecular flexibility index (Phi) is 2.66. The number of ketones is 1. The Bertz CT molecular complexity index is 910. The number of amides is 1. The summed E-state index contributed by atoms with van der Waals surface area (Å²) in [5.41, 5.74) is 3.10. The second kappa shape index (κ2) is 4.56. The highest BCUT2D eigenvalue weighted by molar-refractivity contribution is 6.18. The van der Waals surface area contributed by atoms with E-state index >= 15 is 0 Å². The topological polar surface area (TPSA) is 53.2 Å². The summed E-state index contributed by atoms with van der Waals surface area (Å²) in [6.45, 7) is 1.50. The van der Waals surface area contributed by atoms with Crippen molar-refractivity contribution < 1.29 is 9.59 Å². The predicted molar refractivity (Wildman–Crippen MR) is 85.0 cm³/mol. The zero-order valence-electron chi connectivity index (χ0n) is 12.0. The fourth-order valence-corrected chi connectivity index (χ4v) is 3.25. The number of carbonyl (C=O) groups excluding carboxylic acids is 2. The van der Waals surface area contributed by atoms with Gasteiger partial charge in [-0.1, -0.05) is 30.3 Å². The number of carbonyl (C=O) groups is 2. The molecule has 0 saturated carbocycles. The molecule has 0 fully saturated rings. The van der Waals surface area contributed by atoms with Crippen molar-refractivity contribution in [3.8, 4) is 0 Å². The van der Waals surface area contributed by atoms with Crippen molar-refractivity contribution in [2.45, 2.75) is 13.0 Å². The molecule has 0 spiro atoms. The summed E-state index contributed by atoms with van der Waals surface area (Å²) in [5.74, 6) is -0.163. The van der Waals surface area contributed by atoms with Gasteiger partial charge in [0.1, 0.15) is 6.04 Å². The van der Waals surface area contributed by atoms with Gasteiger partial charge in [0, 0.05) is 35.2 Å². The van der Waals surface area contributed by atoms with Crippen molar-refractivity contribution >= 4 is 28.3 Å². The highest BCUT2D eigenvalue weighted by atomic mass is 16.2. The highest BCUT2D eigenvalue weighted by Gasteiger charge is 2.41. The Morgan fingerprint density at radius 1 is 1.09 bits per heavy atom. The summed E-state index contributed by atoms with van der Waals surface area (Å²) in [6, 6.07) is 14.5. The lowest BCUT2D eigenvalue weighted by Crippen LogP contribution is -2.31. The molecule has 1 aliphatic heterocycles. The Labute approximate surface area is 127 Å². The number of Topliss-reactive ketones (excluding diaryl/α,β-unsaturated/α-hetero) is 1. The first-order chi connectivity index (χ1) is 10.7. The van der Waals surface area contributed by atoms with Gasteiger partial charge in [0.15, 0.2) is 5.78 Å². The van der Waals surface area contributed by atoms with Crippen LogP contribution in [-0.4, -0.2) is 16.7 Å². The van der Waals surface area contributed by atoms with Crippen molar-refractivity contribution in [2.24, 2.45) is 0 Å². The molecule has 1 N–H and O–H groups in total. The van der Waals surface area contributed by atoms with E-state index in [1.54, 1.807) is 11.0 Å². The summed E-state index contributed by atoms with van der Waals surface area (Å²) in [5, 5.41) is 0.972. The summed E-state index contributed by atoms with van der Waals surface area (Å²) < 4.78 is 0. The van der Waals surface area contributed by atoms with Crippen LogP contribution in [0.3, 0.4) is 0 Å². The van der Waals surface area contributed by atoms with E-state index in [4.69, 9.17) is 0 Å². The molecule has 1 unspecified atom stereocenters. The lowest BCUT2D eigenvalue weighted by atomic mass is 10.0. The second-order valence-corrected chi connectivity index (χ2v) is 5.46. The van der Waals surface area contributed by atoms with E-state index in [2.05, 4.69) is 4.98 Å². The van der Waals surface area contributed by atoms with Gasteiger partial charge in [-0.15, -0.1) is 0 Å². The van der Waals surface area contributed by atoms with E-state index < -0.39 is 6.04 Å². The van der Waals surface area contributed by atoms with E-state index in [0.717, 1.165) is 16.5 Å². The van der Waals surface area contributed by atoms with Gasteiger partial charge >= 0.3 is 0 Å². The normalized spacial score (nSPS) is 17.0. The number of para-hydroxylation sites is 2. The lowest BCUT2D eigenvalue weighted by Gasteiger charge is -2.22. The third kappa shape index (κ3) is 1.64. The quantitative estimate of drug-likeness (QED) is 0.746. The van der Waals surface area contributed by atoms with Crippen LogP contribution < -0.4 is 4.90 Å². The first-order valence-corrected chi connectivity index (χ1v) is 7.17. The van der Waals surface area contributed by atoms with Gasteiger partial charge in [0.2, 0.25) is 5.91 Å². The molecule has 3 aromatic rings. The molecule has 1 amide bonds. The van der Waals surface area contributed by atoms with E-state index in [0.29, 0.717) is 11.3 Å². The van der Waals surface area contributed by atoms with E-state index in [-0.39, 0.29) is 11.7 Å². The molecule has 108 valence electrons. The van der Waals surface area contributed by atoms with Crippen molar-refractivity contribution in [2.75, 3.05) is 4.90 Å². The molecule has 1 aliphatic rings. The van der Waals surface area contributed by atoms with Crippen LogP contribution in [0.1, 0.15) is 28.9 Å². The molecular weight excluding hydrogens is 276 g/mol. The Morgan fingerprint density at radius 2 is 1.82 bits per heavy atom. The number of aromatic amines is 1. The Morgan fingerprint density at radius 3 is 2.64 bits per heavy atom.